The summed E-state index contributed by atoms with van der Waals surface area (Å²) in [6, 6.07) is 18.3. The third-order valence-electron chi connectivity index (χ3n) is 4.37. The Bertz CT molecular complexity index is 694. The van der Waals surface area contributed by atoms with Crippen LogP contribution >= 0.6 is 0 Å². The number of piperazine rings is 1. The molecule has 0 saturated carbocycles. The van der Waals surface area contributed by atoms with Crippen molar-refractivity contribution in [3.8, 4) is 0 Å². The number of nitrogens with one attached hydrogen (secondary N) is 1. The zero-order chi connectivity index (χ0) is 17.6. The minimum absolute atomic E-state index is 0.0211. The van der Waals surface area contributed by atoms with Gasteiger partial charge in [-0.3, -0.25) is 0 Å². The lowest BCUT2D eigenvalue weighted by Crippen LogP contribution is -2.50. The lowest BCUT2D eigenvalue weighted by atomic mass is 10.1. The number of hydrogen-bond acceptors (Lipinski definition) is 3. The van der Waals surface area contributed by atoms with E-state index in [1.165, 1.54) is 11.3 Å². The van der Waals surface area contributed by atoms with Crippen LogP contribution in [0.2, 0.25) is 0 Å². The molecule has 0 unspecified atom stereocenters. The van der Waals surface area contributed by atoms with Gasteiger partial charge in [-0.1, -0.05) is 30.3 Å². The summed E-state index contributed by atoms with van der Waals surface area (Å²) in [6.07, 6.45) is 0. The summed E-state index contributed by atoms with van der Waals surface area (Å²) in [5.41, 5.74) is 3.39. The number of carbonyl (C=O) groups excluding carboxylic acids is 1. The first-order valence-corrected chi connectivity index (χ1v) is 8.71. The van der Waals surface area contributed by atoms with Gasteiger partial charge < -0.3 is 20.0 Å². The number of hydrogen-bond donors (Lipinski definition) is 1. The van der Waals surface area contributed by atoms with Gasteiger partial charge in [0.1, 0.15) is 0 Å². The third-order valence-corrected chi connectivity index (χ3v) is 4.37. The van der Waals surface area contributed by atoms with E-state index in [1.54, 1.807) is 0 Å². The summed E-state index contributed by atoms with van der Waals surface area (Å²) in [6.45, 7) is 4.11. The van der Waals surface area contributed by atoms with Crippen molar-refractivity contribution < 1.29 is 4.79 Å². The monoisotopic (exact) mass is 338 g/mol. The molecule has 1 aliphatic rings. The second kappa shape index (κ2) is 8.03. The molecular weight excluding hydrogens is 312 g/mol. The summed E-state index contributed by atoms with van der Waals surface area (Å²) >= 11 is 0. The first-order chi connectivity index (χ1) is 12.1. The summed E-state index contributed by atoms with van der Waals surface area (Å²) in [7, 11) is 4.16. The van der Waals surface area contributed by atoms with Gasteiger partial charge >= 0.3 is 6.03 Å². The number of carbonyl (C=O) groups is 1. The predicted octanol–water partition coefficient (Wildman–Crippen LogP) is 3.10. The highest BCUT2D eigenvalue weighted by atomic mass is 16.2. The minimum atomic E-state index is -0.0211. The normalized spacial score (nSPS) is 14.7. The third kappa shape index (κ3) is 4.73. The molecule has 2 aromatic rings. The molecule has 1 aliphatic heterocycles. The van der Waals surface area contributed by atoms with E-state index < -0.39 is 0 Å². The quantitative estimate of drug-likeness (QED) is 0.931. The summed E-state index contributed by atoms with van der Waals surface area (Å²) in [5.74, 6) is 0. The van der Waals surface area contributed by atoms with E-state index in [4.69, 9.17) is 0 Å². The van der Waals surface area contributed by atoms with Gasteiger partial charge in [-0.05, 0) is 43.9 Å². The second-order valence-corrected chi connectivity index (χ2v) is 6.68. The van der Waals surface area contributed by atoms with E-state index >= 15 is 0 Å². The van der Waals surface area contributed by atoms with Crippen molar-refractivity contribution in [3.63, 3.8) is 0 Å². The van der Waals surface area contributed by atoms with E-state index in [0.717, 1.165) is 38.4 Å². The lowest BCUT2D eigenvalue weighted by molar-refractivity contribution is 0.208. The average molecular weight is 338 g/mol. The Morgan fingerprint density at radius 3 is 2.40 bits per heavy atom. The van der Waals surface area contributed by atoms with E-state index in [1.807, 2.05) is 35.2 Å². The van der Waals surface area contributed by atoms with Crippen LogP contribution in [0.15, 0.2) is 54.6 Å². The van der Waals surface area contributed by atoms with Crippen molar-refractivity contribution in [2.75, 3.05) is 50.5 Å². The highest BCUT2D eigenvalue weighted by molar-refractivity contribution is 5.89. The van der Waals surface area contributed by atoms with Crippen molar-refractivity contribution in [2.24, 2.45) is 0 Å². The molecule has 0 atom stereocenters. The van der Waals surface area contributed by atoms with Crippen LogP contribution < -0.4 is 10.2 Å². The van der Waals surface area contributed by atoms with Gasteiger partial charge in [0.15, 0.2) is 0 Å². The zero-order valence-electron chi connectivity index (χ0n) is 15.0. The fourth-order valence-corrected chi connectivity index (χ4v) is 3.11. The Kier molecular flexibility index (Phi) is 5.56. The molecule has 5 heteroatoms. The largest absolute Gasteiger partial charge is 0.368 e. The number of amides is 2. The smallest absolute Gasteiger partial charge is 0.321 e. The van der Waals surface area contributed by atoms with Gasteiger partial charge in [-0.25, -0.2) is 4.79 Å². The van der Waals surface area contributed by atoms with Crippen molar-refractivity contribution >= 4 is 17.4 Å². The standard InChI is InChI=1S/C20H26N4O/c1-22(2)16-17-7-6-10-19(15-17)23-11-13-24(14-12-23)20(25)21-18-8-4-3-5-9-18/h3-10,15H,11-14,16H2,1-2H3,(H,21,25). The van der Waals surface area contributed by atoms with Crippen molar-refractivity contribution in [1.82, 2.24) is 9.80 Å². The number of nitrogens with zero attached hydrogens (tertiary/aromatic N) is 3. The summed E-state index contributed by atoms with van der Waals surface area (Å²) < 4.78 is 0. The van der Waals surface area contributed by atoms with Crippen molar-refractivity contribution in [1.29, 1.82) is 0 Å². The molecule has 5 nitrogen and oxygen atoms in total. The SMILES string of the molecule is CN(C)Cc1cccc(N2CCN(C(=O)Nc3ccccc3)CC2)c1. The number of para-hydroxylation sites is 1. The van der Waals surface area contributed by atoms with E-state index in [9.17, 15) is 4.79 Å². The number of urea groups is 1. The van der Waals surface area contributed by atoms with Gasteiger partial charge in [-0.2, -0.15) is 0 Å². The van der Waals surface area contributed by atoms with Crippen LogP contribution in [0.1, 0.15) is 5.56 Å². The van der Waals surface area contributed by atoms with Crippen molar-refractivity contribution in [3.05, 3.63) is 60.2 Å². The molecule has 1 fully saturated rings. The molecule has 132 valence electrons. The molecule has 0 radical (unpaired) electrons. The van der Waals surface area contributed by atoms with Crippen LogP contribution in [0.25, 0.3) is 0 Å². The highest BCUT2D eigenvalue weighted by Gasteiger charge is 2.21. The fraction of sp³-hybridized carbons (Fsp3) is 0.350. The number of anilines is 2. The maximum Gasteiger partial charge on any atom is 0.321 e. The van der Waals surface area contributed by atoms with Crippen LogP contribution in [-0.2, 0) is 6.54 Å². The van der Waals surface area contributed by atoms with Gasteiger partial charge in [0, 0.05) is 44.1 Å². The van der Waals surface area contributed by atoms with Crippen LogP contribution in [0.4, 0.5) is 16.2 Å². The highest BCUT2D eigenvalue weighted by Crippen LogP contribution is 2.19. The molecule has 0 aromatic heterocycles. The van der Waals surface area contributed by atoms with E-state index in [-0.39, 0.29) is 6.03 Å². The molecule has 0 bridgehead atoms. The molecule has 25 heavy (non-hydrogen) atoms. The Labute approximate surface area is 149 Å². The molecule has 1 saturated heterocycles. The van der Waals surface area contributed by atoms with Crippen LogP contribution in [-0.4, -0.2) is 56.1 Å². The maximum atomic E-state index is 12.4. The summed E-state index contributed by atoms with van der Waals surface area (Å²) in [5, 5.41) is 2.96. The minimum Gasteiger partial charge on any atom is -0.368 e. The molecule has 2 aromatic carbocycles. The molecular formula is C20H26N4O. The van der Waals surface area contributed by atoms with Gasteiger partial charge in [0.05, 0.1) is 0 Å². The Balaban J connectivity index is 1.55. The second-order valence-electron chi connectivity index (χ2n) is 6.68. The van der Waals surface area contributed by atoms with E-state index in [0.29, 0.717) is 0 Å². The van der Waals surface area contributed by atoms with Gasteiger partial charge in [0.25, 0.3) is 0 Å². The molecule has 0 aliphatic carbocycles. The number of benzene rings is 2. The lowest BCUT2D eigenvalue weighted by Gasteiger charge is -2.36. The van der Waals surface area contributed by atoms with Crippen molar-refractivity contribution in [2.45, 2.75) is 6.54 Å². The molecule has 3 rings (SSSR count). The molecule has 1 heterocycles. The summed E-state index contributed by atoms with van der Waals surface area (Å²) in [4.78, 5) is 18.8. The molecule has 2 amide bonds. The van der Waals surface area contributed by atoms with Crippen LogP contribution in [0, 0.1) is 0 Å². The fourth-order valence-electron chi connectivity index (χ4n) is 3.11. The average Bonchev–Trinajstić information content (AvgIpc) is 2.62. The zero-order valence-corrected chi connectivity index (χ0v) is 15.0. The Morgan fingerprint density at radius 1 is 1.00 bits per heavy atom. The molecule has 0 spiro atoms. The predicted molar refractivity (Wildman–Crippen MR) is 103 cm³/mol. The Hall–Kier alpha value is -2.53. The van der Waals surface area contributed by atoms with Gasteiger partial charge in [0.2, 0.25) is 0 Å². The first kappa shape index (κ1) is 17.3. The number of rotatable bonds is 4. The van der Waals surface area contributed by atoms with Crippen LogP contribution in [0.5, 0.6) is 0 Å². The van der Waals surface area contributed by atoms with E-state index in [2.05, 4.69) is 53.5 Å². The molecule has 1 N–H and O–H groups in total. The van der Waals surface area contributed by atoms with Gasteiger partial charge in [-0.15, -0.1) is 0 Å². The Morgan fingerprint density at radius 2 is 1.72 bits per heavy atom. The topological polar surface area (TPSA) is 38.8 Å². The maximum absolute atomic E-state index is 12.4. The van der Waals surface area contributed by atoms with Crippen LogP contribution in [0.3, 0.4) is 0 Å². The first-order valence-electron chi connectivity index (χ1n) is 8.71.